The molecule has 3 unspecified atom stereocenters. The van der Waals surface area contributed by atoms with Crippen LogP contribution < -0.4 is 10.6 Å². The van der Waals surface area contributed by atoms with Crippen molar-refractivity contribution in [1.82, 2.24) is 25.3 Å². The first-order valence-corrected chi connectivity index (χ1v) is 12.4. The highest BCUT2D eigenvalue weighted by molar-refractivity contribution is 7.80. The highest BCUT2D eigenvalue weighted by Crippen LogP contribution is 2.20. The number of thiol groups is 1. The number of rotatable bonds is 11. The molecular formula is C22H33N5O7S. The number of nitrogens with zero attached hydrogens (tertiary/aromatic N) is 3. The van der Waals surface area contributed by atoms with E-state index in [-0.39, 0.29) is 88.1 Å². The Morgan fingerprint density at radius 2 is 1.17 bits per heavy atom. The molecule has 12 nitrogen and oxygen atoms in total. The van der Waals surface area contributed by atoms with Crippen LogP contribution in [0.4, 0.5) is 0 Å². The summed E-state index contributed by atoms with van der Waals surface area (Å²) in [6.07, 6.45) is 0.369. The van der Waals surface area contributed by atoms with Gasteiger partial charge in [-0.15, -0.1) is 0 Å². The van der Waals surface area contributed by atoms with Crippen molar-refractivity contribution in [3.8, 4) is 0 Å². The smallest absolute Gasteiger partial charge is 0.310 e. The third-order valence-electron chi connectivity index (χ3n) is 6.65. The van der Waals surface area contributed by atoms with Crippen molar-refractivity contribution in [1.29, 1.82) is 0 Å². The molecule has 3 fully saturated rings. The zero-order chi connectivity index (χ0) is 25.5. The van der Waals surface area contributed by atoms with Crippen molar-refractivity contribution < 1.29 is 33.5 Å². The Kier molecular flexibility index (Phi) is 9.35. The number of hydrogen-bond donors (Lipinski definition) is 3. The van der Waals surface area contributed by atoms with Crippen LogP contribution >= 0.6 is 12.6 Å². The lowest BCUT2D eigenvalue weighted by Crippen LogP contribution is -2.40. The highest BCUT2D eigenvalue weighted by atomic mass is 32.1. The Morgan fingerprint density at radius 3 is 1.60 bits per heavy atom. The lowest BCUT2D eigenvalue weighted by molar-refractivity contribution is -0.145. The molecule has 0 aliphatic carbocycles. The summed E-state index contributed by atoms with van der Waals surface area (Å²) < 4.78 is 4.68. The zero-order valence-corrected chi connectivity index (χ0v) is 20.8. The van der Waals surface area contributed by atoms with Crippen molar-refractivity contribution in [2.24, 2.45) is 17.8 Å². The predicted molar refractivity (Wildman–Crippen MR) is 126 cm³/mol. The number of hydrogen-bond acceptors (Lipinski definition) is 8. The van der Waals surface area contributed by atoms with Crippen LogP contribution in [0.15, 0.2) is 0 Å². The fourth-order valence-electron chi connectivity index (χ4n) is 4.68. The molecule has 3 aliphatic heterocycles. The van der Waals surface area contributed by atoms with Crippen molar-refractivity contribution in [2.45, 2.75) is 19.3 Å². The normalized spacial score (nSPS) is 24.3. The van der Waals surface area contributed by atoms with E-state index in [4.69, 9.17) is 0 Å². The number of carbonyl (C=O) groups excluding carboxylic acids is 6. The van der Waals surface area contributed by atoms with Crippen LogP contribution in [0.2, 0.25) is 0 Å². The molecule has 5 amide bonds. The predicted octanol–water partition coefficient (Wildman–Crippen LogP) is -2.13. The lowest BCUT2D eigenvalue weighted by Gasteiger charge is -2.19. The average molecular weight is 512 g/mol. The molecule has 35 heavy (non-hydrogen) atoms. The Morgan fingerprint density at radius 1 is 0.771 bits per heavy atom. The van der Waals surface area contributed by atoms with Crippen LogP contribution in [0.5, 0.6) is 0 Å². The van der Waals surface area contributed by atoms with E-state index in [1.807, 2.05) is 0 Å². The summed E-state index contributed by atoms with van der Waals surface area (Å²) >= 11 is 4.12. The SMILES string of the molecule is COC(=O)C1CC(=O)N(CCNC(=O)C2CC(=O)N(CCNC(=O)C3CC(=O)N(CCS)C3)C2)C1. The maximum atomic E-state index is 12.5. The quantitative estimate of drug-likeness (QED) is 0.212. The van der Waals surface area contributed by atoms with Crippen LogP contribution in [0.3, 0.4) is 0 Å². The first-order chi connectivity index (χ1) is 16.7. The summed E-state index contributed by atoms with van der Waals surface area (Å²) in [4.78, 5) is 77.4. The second-order valence-corrected chi connectivity index (χ2v) is 9.50. The minimum absolute atomic E-state index is 0.0554. The topological polar surface area (TPSA) is 145 Å². The average Bonchev–Trinajstić information content (AvgIpc) is 3.51. The van der Waals surface area contributed by atoms with Crippen molar-refractivity contribution in [3.63, 3.8) is 0 Å². The second kappa shape index (κ2) is 12.2. The van der Waals surface area contributed by atoms with E-state index in [9.17, 15) is 28.8 Å². The fourth-order valence-corrected chi connectivity index (χ4v) is 4.92. The molecule has 2 N–H and O–H groups in total. The zero-order valence-electron chi connectivity index (χ0n) is 19.9. The molecule has 3 saturated heterocycles. The van der Waals surface area contributed by atoms with Crippen LogP contribution in [0.25, 0.3) is 0 Å². The van der Waals surface area contributed by atoms with Gasteiger partial charge in [0.25, 0.3) is 0 Å². The number of methoxy groups -OCH3 is 1. The summed E-state index contributed by atoms with van der Waals surface area (Å²) in [5.41, 5.74) is 0. The summed E-state index contributed by atoms with van der Waals surface area (Å²) in [5, 5.41) is 5.54. The Labute approximate surface area is 209 Å². The molecule has 0 aromatic carbocycles. The number of carbonyl (C=O) groups is 6. The van der Waals surface area contributed by atoms with Gasteiger partial charge < -0.3 is 30.1 Å². The van der Waals surface area contributed by atoms with E-state index < -0.39 is 23.7 Å². The van der Waals surface area contributed by atoms with Crippen molar-refractivity contribution in [2.75, 3.05) is 65.2 Å². The van der Waals surface area contributed by atoms with Crippen LogP contribution in [-0.4, -0.2) is 115 Å². The van der Waals surface area contributed by atoms with E-state index >= 15 is 0 Å². The first kappa shape index (κ1) is 26.8. The van der Waals surface area contributed by atoms with E-state index in [1.54, 1.807) is 9.80 Å². The molecule has 0 aromatic rings. The summed E-state index contributed by atoms with van der Waals surface area (Å²) in [7, 11) is 1.28. The second-order valence-electron chi connectivity index (χ2n) is 9.05. The van der Waals surface area contributed by atoms with Crippen LogP contribution in [0, 0.1) is 17.8 Å². The molecule has 194 valence electrons. The Bertz CT molecular complexity index is 869. The third kappa shape index (κ3) is 6.86. The van der Waals surface area contributed by atoms with Gasteiger partial charge in [0.1, 0.15) is 0 Å². The molecule has 3 atom stereocenters. The van der Waals surface area contributed by atoms with E-state index in [2.05, 4.69) is 28.0 Å². The maximum Gasteiger partial charge on any atom is 0.310 e. The minimum atomic E-state index is -0.502. The number of ether oxygens (including phenoxy) is 1. The van der Waals surface area contributed by atoms with Crippen LogP contribution in [0.1, 0.15) is 19.3 Å². The molecular weight excluding hydrogens is 478 g/mol. The minimum Gasteiger partial charge on any atom is -0.469 e. The molecule has 3 rings (SSSR count). The van der Waals surface area contributed by atoms with Gasteiger partial charge in [-0.3, -0.25) is 28.8 Å². The van der Waals surface area contributed by atoms with Gasteiger partial charge in [-0.2, -0.15) is 12.6 Å². The van der Waals surface area contributed by atoms with Crippen LogP contribution in [-0.2, 0) is 33.5 Å². The lowest BCUT2D eigenvalue weighted by atomic mass is 10.1. The standard InChI is InChI=1S/C22H33N5O7S/c1-34-22(33)16-10-19(30)26(13-16)5-3-24-20(31)14-8-17(28)25(11-14)4-2-23-21(32)15-9-18(29)27(12-15)6-7-35/h14-16,35H,2-13H2,1H3,(H,23,32)(H,24,31). The Balaban J connectivity index is 1.34. The first-order valence-electron chi connectivity index (χ1n) is 11.8. The molecule has 0 saturated carbocycles. The van der Waals surface area contributed by atoms with Gasteiger partial charge in [-0.25, -0.2) is 0 Å². The van der Waals surface area contributed by atoms with Gasteiger partial charge in [-0.05, 0) is 0 Å². The summed E-state index contributed by atoms with van der Waals surface area (Å²) in [5.74, 6) is -2.12. The largest absolute Gasteiger partial charge is 0.469 e. The fraction of sp³-hybridized carbons (Fsp3) is 0.727. The molecule has 13 heteroatoms. The number of amides is 5. The summed E-state index contributed by atoms with van der Waals surface area (Å²) in [6.45, 7) is 2.45. The molecule has 0 aromatic heterocycles. The maximum absolute atomic E-state index is 12.5. The molecule has 0 spiro atoms. The van der Waals surface area contributed by atoms with Gasteiger partial charge in [0.2, 0.25) is 29.5 Å². The molecule has 0 radical (unpaired) electrons. The van der Waals surface area contributed by atoms with E-state index in [0.29, 0.717) is 18.8 Å². The van der Waals surface area contributed by atoms with Gasteiger partial charge >= 0.3 is 5.97 Å². The van der Waals surface area contributed by atoms with Crippen molar-refractivity contribution >= 4 is 48.1 Å². The van der Waals surface area contributed by atoms with E-state index in [1.165, 1.54) is 12.0 Å². The monoisotopic (exact) mass is 511 g/mol. The highest BCUT2D eigenvalue weighted by Gasteiger charge is 2.37. The number of esters is 1. The number of nitrogens with one attached hydrogen (secondary N) is 2. The van der Waals surface area contributed by atoms with E-state index in [0.717, 1.165) is 0 Å². The van der Waals surface area contributed by atoms with Gasteiger partial charge in [-0.1, -0.05) is 0 Å². The van der Waals surface area contributed by atoms with Gasteiger partial charge in [0.15, 0.2) is 0 Å². The molecule has 3 heterocycles. The van der Waals surface area contributed by atoms with Gasteiger partial charge in [0, 0.05) is 77.4 Å². The third-order valence-corrected chi connectivity index (χ3v) is 6.85. The molecule has 0 bridgehead atoms. The number of likely N-dealkylation sites (tertiary alicyclic amines) is 3. The van der Waals surface area contributed by atoms with Crippen molar-refractivity contribution in [3.05, 3.63) is 0 Å². The Hall–Kier alpha value is -2.83. The summed E-state index contributed by atoms with van der Waals surface area (Å²) in [6, 6.07) is 0. The molecule has 3 aliphatic rings. The van der Waals surface area contributed by atoms with Gasteiger partial charge in [0.05, 0.1) is 24.9 Å².